The maximum atomic E-state index is 13.1. The van der Waals surface area contributed by atoms with Gasteiger partial charge in [0.1, 0.15) is 0 Å². The maximum absolute atomic E-state index is 13.1. The molecule has 33 heavy (non-hydrogen) atoms. The summed E-state index contributed by atoms with van der Waals surface area (Å²) in [5.74, 6) is 0.0720. The first-order valence-electron chi connectivity index (χ1n) is 11.9. The molecule has 1 N–H and O–H groups in total. The van der Waals surface area contributed by atoms with E-state index in [1.54, 1.807) is 14.0 Å². The van der Waals surface area contributed by atoms with E-state index in [1.807, 2.05) is 36.1 Å². The smallest absolute Gasteiger partial charge is 0.338 e. The van der Waals surface area contributed by atoms with E-state index in [2.05, 4.69) is 10.2 Å². The summed E-state index contributed by atoms with van der Waals surface area (Å²) >= 11 is 0. The van der Waals surface area contributed by atoms with Gasteiger partial charge in [0.05, 0.1) is 18.2 Å². The van der Waals surface area contributed by atoms with Crippen molar-refractivity contribution in [2.24, 2.45) is 5.92 Å². The van der Waals surface area contributed by atoms with Gasteiger partial charge in [-0.05, 0) is 32.3 Å². The second-order valence-electron chi connectivity index (χ2n) is 9.16. The zero-order chi connectivity index (χ0) is 23.5. The molecular weight excluding hydrogens is 420 g/mol. The number of amides is 3. The van der Waals surface area contributed by atoms with Crippen molar-refractivity contribution in [1.82, 2.24) is 20.0 Å². The van der Waals surface area contributed by atoms with Gasteiger partial charge in [-0.2, -0.15) is 0 Å². The number of nitrogens with zero attached hydrogens (tertiary/aromatic N) is 3. The number of carbonyl (C=O) groups is 3. The first-order chi connectivity index (χ1) is 15.9. The van der Waals surface area contributed by atoms with Gasteiger partial charge in [0.25, 0.3) is 0 Å². The highest BCUT2D eigenvalue weighted by atomic mass is 16.5. The van der Waals surface area contributed by atoms with E-state index in [0.717, 1.165) is 30.4 Å². The third-order valence-electron chi connectivity index (χ3n) is 6.99. The highest BCUT2D eigenvalue weighted by molar-refractivity contribution is 5.95. The number of aryl methyl sites for hydroxylation is 1. The second-order valence-corrected chi connectivity index (χ2v) is 9.16. The Bertz CT molecular complexity index is 930. The number of hydrogen-bond acceptors (Lipinski definition) is 5. The number of benzene rings is 1. The maximum Gasteiger partial charge on any atom is 0.338 e. The molecule has 0 bridgehead atoms. The van der Waals surface area contributed by atoms with Gasteiger partial charge in [0.15, 0.2) is 0 Å². The monoisotopic (exact) mass is 454 g/mol. The largest absolute Gasteiger partial charge is 0.463 e. The normalized spacial score (nSPS) is 22.2. The molecule has 1 saturated heterocycles. The number of rotatable bonds is 6. The van der Waals surface area contributed by atoms with Crippen LogP contribution in [-0.2, 0) is 14.3 Å². The van der Waals surface area contributed by atoms with Gasteiger partial charge in [0.2, 0.25) is 5.91 Å². The Morgan fingerprint density at radius 3 is 2.33 bits per heavy atom. The summed E-state index contributed by atoms with van der Waals surface area (Å²) < 4.78 is 5.41. The molecule has 0 radical (unpaired) electrons. The lowest BCUT2D eigenvalue weighted by Crippen LogP contribution is -2.54. The van der Waals surface area contributed by atoms with E-state index in [-0.39, 0.29) is 24.5 Å². The number of nitrogens with one attached hydrogen (secondary N) is 1. The fourth-order valence-corrected chi connectivity index (χ4v) is 4.66. The van der Waals surface area contributed by atoms with Crippen LogP contribution in [0.1, 0.15) is 43.4 Å². The zero-order valence-corrected chi connectivity index (χ0v) is 19.8. The van der Waals surface area contributed by atoms with E-state index in [9.17, 15) is 14.4 Å². The number of urea groups is 1. The molecule has 1 aromatic rings. The molecule has 2 aliphatic heterocycles. The number of esters is 1. The molecule has 1 aliphatic carbocycles. The Balaban J connectivity index is 1.57. The Morgan fingerprint density at radius 1 is 1.09 bits per heavy atom. The Hall–Kier alpha value is -2.87. The molecule has 8 heteroatoms. The first-order valence-corrected chi connectivity index (χ1v) is 11.9. The van der Waals surface area contributed by atoms with Crippen LogP contribution in [0.4, 0.5) is 4.79 Å². The van der Waals surface area contributed by atoms with Crippen LogP contribution in [0.3, 0.4) is 0 Å². The van der Waals surface area contributed by atoms with Gasteiger partial charge in [0, 0.05) is 51.4 Å². The minimum atomic E-state index is -0.565. The highest BCUT2D eigenvalue weighted by Crippen LogP contribution is 2.32. The first kappa shape index (κ1) is 23.3. The Labute approximate surface area is 195 Å². The van der Waals surface area contributed by atoms with Crippen molar-refractivity contribution in [2.45, 2.75) is 39.2 Å². The standard InChI is InChI=1S/C25H34N4O4/c1-4-33-24(31)21-20(16-28-12-14-29(15-13-28)23(30)19-6-5-7-19)27(3)25(32)26-22(21)18-10-8-17(2)9-11-18/h8-11,19,22H,4-7,12-16H2,1-3H3,(H,26,32)/t22-/m1/s1. The molecule has 4 rings (SSSR count). The summed E-state index contributed by atoms with van der Waals surface area (Å²) in [7, 11) is 1.69. The van der Waals surface area contributed by atoms with Crippen LogP contribution >= 0.6 is 0 Å². The molecular formula is C25H34N4O4. The minimum absolute atomic E-state index is 0.207. The molecule has 8 nitrogen and oxygen atoms in total. The van der Waals surface area contributed by atoms with Gasteiger partial charge < -0.3 is 15.0 Å². The number of likely N-dealkylation sites (N-methyl/N-ethyl adjacent to an activating group) is 1. The SMILES string of the molecule is CCOC(=O)C1=C(CN2CCN(C(=O)C3CCC3)CC2)N(C)C(=O)N[C@@H]1c1ccc(C)cc1. The van der Waals surface area contributed by atoms with Crippen LogP contribution in [0.25, 0.3) is 0 Å². The summed E-state index contributed by atoms with van der Waals surface area (Å²) in [5, 5.41) is 2.96. The topological polar surface area (TPSA) is 82.2 Å². The van der Waals surface area contributed by atoms with Crippen molar-refractivity contribution >= 4 is 17.9 Å². The fraction of sp³-hybridized carbons (Fsp3) is 0.560. The predicted octanol–water partition coefficient (Wildman–Crippen LogP) is 2.45. The van der Waals surface area contributed by atoms with Crippen molar-refractivity contribution in [2.75, 3.05) is 46.4 Å². The molecule has 0 aromatic heterocycles. The summed E-state index contributed by atoms with van der Waals surface area (Å²) in [5.41, 5.74) is 3.07. The molecule has 0 unspecified atom stereocenters. The van der Waals surface area contributed by atoms with Crippen LogP contribution in [0.5, 0.6) is 0 Å². The lowest BCUT2D eigenvalue weighted by Gasteiger charge is -2.41. The summed E-state index contributed by atoms with van der Waals surface area (Å²) in [6.45, 7) is 7.26. The molecule has 2 fully saturated rings. The lowest BCUT2D eigenvalue weighted by atomic mass is 9.84. The third kappa shape index (κ3) is 4.90. The van der Waals surface area contributed by atoms with Crippen LogP contribution in [0, 0.1) is 12.8 Å². The average Bonchev–Trinajstić information content (AvgIpc) is 2.76. The molecule has 1 atom stereocenters. The molecule has 178 valence electrons. The van der Waals surface area contributed by atoms with Gasteiger partial charge in [-0.25, -0.2) is 9.59 Å². The predicted molar refractivity (Wildman–Crippen MR) is 124 cm³/mol. The van der Waals surface area contributed by atoms with E-state index >= 15 is 0 Å². The van der Waals surface area contributed by atoms with Crippen LogP contribution in [-0.4, -0.2) is 79.0 Å². The number of carbonyl (C=O) groups excluding carboxylic acids is 3. The van der Waals surface area contributed by atoms with Gasteiger partial charge in [-0.1, -0.05) is 36.2 Å². The van der Waals surface area contributed by atoms with Crippen LogP contribution in [0.2, 0.25) is 0 Å². The molecule has 3 aliphatic rings. The van der Waals surface area contributed by atoms with Gasteiger partial charge >= 0.3 is 12.0 Å². The third-order valence-corrected chi connectivity index (χ3v) is 6.99. The van der Waals surface area contributed by atoms with E-state index in [0.29, 0.717) is 44.0 Å². The Morgan fingerprint density at radius 2 is 1.76 bits per heavy atom. The molecule has 2 heterocycles. The molecule has 1 aromatic carbocycles. The zero-order valence-electron chi connectivity index (χ0n) is 19.8. The van der Waals surface area contributed by atoms with Crippen molar-refractivity contribution in [3.63, 3.8) is 0 Å². The van der Waals surface area contributed by atoms with Crippen molar-refractivity contribution in [1.29, 1.82) is 0 Å². The van der Waals surface area contributed by atoms with Crippen molar-refractivity contribution in [3.05, 3.63) is 46.7 Å². The van der Waals surface area contributed by atoms with E-state index < -0.39 is 12.0 Å². The Kier molecular flexibility index (Phi) is 7.02. The summed E-state index contributed by atoms with van der Waals surface area (Å²) in [6, 6.07) is 7.01. The van der Waals surface area contributed by atoms with Crippen LogP contribution < -0.4 is 5.32 Å². The highest BCUT2D eigenvalue weighted by Gasteiger charge is 2.38. The summed E-state index contributed by atoms with van der Waals surface area (Å²) in [6.07, 6.45) is 3.17. The lowest BCUT2D eigenvalue weighted by molar-refractivity contribution is -0.140. The minimum Gasteiger partial charge on any atom is -0.463 e. The molecule has 3 amide bonds. The van der Waals surface area contributed by atoms with Gasteiger partial charge in [-0.15, -0.1) is 0 Å². The average molecular weight is 455 g/mol. The van der Waals surface area contributed by atoms with E-state index in [1.165, 1.54) is 4.90 Å². The number of piperazine rings is 1. The molecule has 1 saturated carbocycles. The fourth-order valence-electron chi connectivity index (χ4n) is 4.66. The number of hydrogen-bond donors (Lipinski definition) is 1. The quantitative estimate of drug-likeness (QED) is 0.668. The van der Waals surface area contributed by atoms with Crippen molar-refractivity contribution < 1.29 is 19.1 Å². The molecule has 0 spiro atoms. The van der Waals surface area contributed by atoms with Crippen molar-refractivity contribution in [3.8, 4) is 0 Å². The van der Waals surface area contributed by atoms with Gasteiger partial charge in [-0.3, -0.25) is 14.6 Å². The number of ether oxygens (including phenoxy) is 1. The van der Waals surface area contributed by atoms with Crippen LogP contribution in [0.15, 0.2) is 35.5 Å². The summed E-state index contributed by atoms with van der Waals surface area (Å²) in [4.78, 5) is 44.2. The second kappa shape index (κ2) is 9.95. The van der Waals surface area contributed by atoms with E-state index in [4.69, 9.17) is 4.74 Å².